The van der Waals surface area contributed by atoms with Gasteiger partial charge in [-0.25, -0.2) is 9.59 Å². The zero-order valence-corrected chi connectivity index (χ0v) is 22.4. The number of ether oxygens (including phenoxy) is 4. The smallest absolute Gasteiger partial charge is 0.342 e. The zero-order valence-electron chi connectivity index (χ0n) is 22.4. The summed E-state index contributed by atoms with van der Waals surface area (Å²) in [6.45, 7) is 7.83. The first-order chi connectivity index (χ1) is 18.9. The minimum atomic E-state index is -1.14. The quantitative estimate of drug-likeness (QED) is 0.378. The largest absolute Gasteiger partial charge is 0.485 e. The van der Waals surface area contributed by atoms with Crippen LogP contribution in [0.15, 0.2) is 78.2 Å². The molecule has 1 spiro atoms. The van der Waals surface area contributed by atoms with Gasteiger partial charge in [-0.1, -0.05) is 42.5 Å². The van der Waals surface area contributed by atoms with Crippen LogP contribution in [-0.4, -0.2) is 31.8 Å². The average Bonchev–Trinajstić information content (AvgIpc) is 2.93. The van der Waals surface area contributed by atoms with Crippen LogP contribution in [0.4, 0.5) is 5.69 Å². The Morgan fingerprint density at radius 3 is 2.15 bits per heavy atom. The normalized spacial score (nSPS) is 18.8. The molecule has 3 heterocycles. The van der Waals surface area contributed by atoms with Crippen molar-refractivity contribution >= 4 is 28.8 Å². The highest BCUT2D eigenvalue weighted by Crippen LogP contribution is 2.57. The lowest BCUT2D eigenvalue weighted by atomic mass is 9.76. The van der Waals surface area contributed by atoms with Gasteiger partial charge < -0.3 is 18.9 Å². The third-order valence-electron chi connectivity index (χ3n) is 7.40. The third kappa shape index (κ3) is 3.64. The number of esters is 2. The van der Waals surface area contributed by atoms with Crippen molar-refractivity contribution in [3.63, 3.8) is 0 Å². The summed E-state index contributed by atoms with van der Waals surface area (Å²) in [6, 6.07) is 21.5. The topological polar surface area (TPSA) is 74.3 Å². The number of nitrogens with zero attached hydrogens (tertiary/aromatic N) is 1. The fraction of sp³-hybridized carbons (Fsp3) is 0.250. The second kappa shape index (κ2) is 9.34. The van der Waals surface area contributed by atoms with Crippen molar-refractivity contribution in [3.8, 4) is 16.9 Å². The Bertz CT molecular complexity index is 1570. The van der Waals surface area contributed by atoms with Crippen molar-refractivity contribution in [1.29, 1.82) is 0 Å². The van der Waals surface area contributed by atoms with Gasteiger partial charge in [0, 0.05) is 22.4 Å². The number of allylic oxidation sites excluding steroid dienone is 2. The summed E-state index contributed by atoms with van der Waals surface area (Å²) in [5, 5.41) is 0. The second-order valence-corrected chi connectivity index (χ2v) is 9.62. The molecule has 0 radical (unpaired) electrons. The molecule has 39 heavy (non-hydrogen) atoms. The van der Waals surface area contributed by atoms with Gasteiger partial charge in [0.1, 0.15) is 17.1 Å². The minimum absolute atomic E-state index is 0.148. The Morgan fingerprint density at radius 1 is 0.846 bits per heavy atom. The molecule has 7 nitrogen and oxygen atoms in total. The van der Waals surface area contributed by atoms with Gasteiger partial charge in [0.25, 0.3) is 0 Å². The molecule has 0 fully saturated rings. The van der Waals surface area contributed by atoms with Crippen LogP contribution in [0, 0.1) is 0 Å². The first-order valence-corrected chi connectivity index (χ1v) is 13.1. The molecule has 6 rings (SSSR count). The fourth-order valence-electron chi connectivity index (χ4n) is 5.93. The number of carbonyl (C=O) groups is 2. The number of hydrogen-bond acceptors (Lipinski definition) is 7. The number of para-hydroxylation sites is 2. The molecule has 0 saturated heterocycles. The summed E-state index contributed by atoms with van der Waals surface area (Å²) < 4.78 is 24.1. The van der Waals surface area contributed by atoms with Gasteiger partial charge in [-0.3, -0.25) is 4.90 Å². The molecule has 0 N–H and O–H groups in total. The number of benzene rings is 3. The van der Waals surface area contributed by atoms with E-state index in [1.165, 1.54) is 0 Å². The van der Waals surface area contributed by atoms with E-state index in [0.29, 0.717) is 45.0 Å². The van der Waals surface area contributed by atoms with E-state index >= 15 is 0 Å². The van der Waals surface area contributed by atoms with Crippen LogP contribution in [0.1, 0.15) is 44.4 Å². The molecule has 1 atom stereocenters. The lowest BCUT2D eigenvalue weighted by molar-refractivity contribution is -0.137. The van der Waals surface area contributed by atoms with E-state index in [2.05, 4.69) is 0 Å². The Kier molecular flexibility index (Phi) is 5.94. The van der Waals surface area contributed by atoms with Gasteiger partial charge in [0.2, 0.25) is 5.72 Å². The Morgan fingerprint density at radius 2 is 1.46 bits per heavy atom. The minimum Gasteiger partial charge on any atom is -0.485 e. The number of carbonyl (C=O) groups excluding carboxylic acids is 2. The molecule has 7 heteroatoms. The average molecular weight is 524 g/mol. The Labute approximate surface area is 227 Å². The van der Waals surface area contributed by atoms with Crippen LogP contribution in [0.2, 0.25) is 0 Å². The lowest BCUT2D eigenvalue weighted by Crippen LogP contribution is -2.58. The zero-order chi connectivity index (χ0) is 27.3. The molecular formula is C32H29NO6. The molecule has 0 saturated carbocycles. The summed E-state index contributed by atoms with van der Waals surface area (Å²) in [4.78, 5) is 29.0. The standard InChI is InChI=1S/C32H29NO6/c1-5-36-30(34)27-19(3)33-25-14-10-11-15-26(25)38-18-32(33)29-23(27)16-22(21-12-8-7-9-13-21)17-24(29)28(20(4)39-32)31(35)37-6-2/h7-17H,5-6,18H2,1-4H3. The number of hydrogen-bond donors (Lipinski definition) is 0. The molecule has 0 aromatic heterocycles. The van der Waals surface area contributed by atoms with Crippen LogP contribution < -0.4 is 9.64 Å². The number of anilines is 1. The predicted molar refractivity (Wildman–Crippen MR) is 148 cm³/mol. The monoisotopic (exact) mass is 523 g/mol. The molecule has 0 amide bonds. The van der Waals surface area contributed by atoms with E-state index in [9.17, 15) is 9.59 Å². The highest BCUT2D eigenvalue weighted by molar-refractivity contribution is 6.23. The molecule has 198 valence electrons. The SMILES string of the molecule is CCOC(=O)C1=C(C)OC23COc4ccccc4N2C(C)=C(C(=O)OCC)c2cc(-c4ccccc4)cc1c23. The molecular weight excluding hydrogens is 494 g/mol. The van der Waals surface area contributed by atoms with Crippen molar-refractivity contribution in [2.24, 2.45) is 0 Å². The molecule has 3 aliphatic rings. The van der Waals surface area contributed by atoms with Crippen LogP contribution >= 0.6 is 0 Å². The summed E-state index contributed by atoms with van der Waals surface area (Å²) in [5.41, 5.74) is 4.84. The Balaban J connectivity index is 1.74. The third-order valence-corrected chi connectivity index (χ3v) is 7.40. The molecule has 3 aromatic carbocycles. The summed E-state index contributed by atoms with van der Waals surface area (Å²) >= 11 is 0. The van der Waals surface area contributed by atoms with E-state index < -0.39 is 17.7 Å². The van der Waals surface area contributed by atoms with Gasteiger partial charge in [0.05, 0.1) is 24.5 Å². The maximum absolute atomic E-state index is 13.6. The van der Waals surface area contributed by atoms with Crippen LogP contribution in [0.25, 0.3) is 22.3 Å². The predicted octanol–water partition coefficient (Wildman–Crippen LogP) is 6.04. The number of rotatable bonds is 5. The second-order valence-electron chi connectivity index (χ2n) is 9.62. The van der Waals surface area contributed by atoms with E-state index in [4.69, 9.17) is 18.9 Å². The van der Waals surface area contributed by atoms with Crippen molar-refractivity contribution in [2.45, 2.75) is 33.4 Å². The molecule has 3 aromatic rings. The Hall–Kier alpha value is -4.52. The first-order valence-electron chi connectivity index (χ1n) is 13.1. The van der Waals surface area contributed by atoms with Gasteiger partial charge in [-0.2, -0.15) is 0 Å². The van der Waals surface area contributed by atoms with Gasteiger partial charge in [-0.15, -0.1) is 0 Å². The van der Waals surface area contributed by atoms with Gasteiger partial charge in [0.15, 0.2) is 6.61 Å². The van der Waals surface area contributed by atoms with Crippen LogP contribution in [0.3, 0.4) is 0 Å². The van der Waals surface area contributed by atoms with E-state index in [-0.39, 0.29) is 19.8 Å². The molecule has 1 unspecified atom stereocenters. The maximum atomic E-state index is 13.6. The summed E-state index contributed by atoms with van der Waals surface area (Å²) in [7, 11) is 0. The van der Waals surface area contributed by atoms with Crippen molar-refractivity contribution in [3.05, 3.63) is 94.9 Å². The summed E-state index contributed by atoms with van der Waals surface area (Å²) in [5.74, 6) is 0.185. The highest BCUT2D eigenvalue weighted by Gasteiger charge is 2.56. The first kappa shape index (κ1) is 24.8. The molecule has 0 aliphatic carbocycles. The highest BCUT2D eigenvalue weighted by atomic mass is 16.6. The van der Waals surface area contributed by atoms with E-state index in [0.717, 1.165) is 16.8 Å². The number of fused-ring (bicyclic) bond motifs is 2. The molecule has 3 aliphatic heterocycles. The fourth-order valence-corrected chi connectivity index (χ4v) is 5.93. The van der Waals surface area contributed by atoms with Crippen molar-refractivity contribution in [2.75, 3.05) is 24.7 Å². The molecule has 0 bridgehead atoms. The van der Waals surface area contributed by atoms with Crippen molar-refractivity contribution in [1.82, 2.24) is 0 Å². The maximum Gasteiger partial charge on any atom is 0.342 e. The van der Waals surface area contributed by atoms with Crippen LogP contribution in [0.5, 0.6) is 5.75 Å². The van der Waals surface area contributed by atoms with Gasteiger partial charge in [-0.05, 0) is 63.1 Å². The van der Waals surface area contributed by atoms with E-state index in [1.807, 2.05) is 78.6 Å². The summed E-state index contributed by atoms with van der Waals surface area (Å²) in [6.07, 6.45) is 0. The van der Waals surface area contributed by atoms with Crippen LogP contribution in [-0.2, 0) is 29.5 Å². The van der Waals surface area contributed by atoms with Crippen molar-refractivity contribution < 1.29 is 28.5 Å². The van der Waals surface area contributed by atoms with E-state index in [1.54, 1.807) is 20.8 Å². The van der Waals surface area contributed by atoms with Gasteiger partial charge >= 0.3 is 11.9 Å². The lowest BCUT2D eigenvalue weighted by Gasteiger charge is -2.53.